The largest absolute Gasteiger partial charge is 0.391 e. The Kier molecular flexibility index (Phi) is 8.74. The van der Waals surface area contributed by atoms with Gasteiger partial charge in [0.2, 0.25) is 0 Å². The molecule has 2 aromatic rings. The number of rotatable bonds is 11. The number of aliphatic hydroxyl groups is 3. The van der Waals surface area contributed by atoms with E-state index in [1.165, 1.54) is 5.56 Å². The normalized spacial score (nSPS) is 13.7. The van der Waals surface area contributed by atoms with Crippen LogP contribution in [-0.2, 0) is 4.74 Å². The van der Waals surface area contributed by atoms with Crippen molar-refractivity contribution in [2.75, 3.05) is 39.5 Å². The highest BCUT2D eigenvalue weighted by molar-refractivity contribution is 5.31. The number of hydrogen-bond acceptors (Lipinski definition) is 4. The van der Waals surface area contributed by atoms with Gasteiger partial charge in [0.15, 0.2) is 0 Å². The molecule has 0 aliphatic carbocycles. The number of aryl methyl sites for hydroxylation is 1. The summed E-state index contributed by atoms with van der Waals surface area (Å²) in [4.78, 5) is 0.956. The summed E-state index contributed by atoms with van der Waals surface area (Å²) in [5.74, 6) is 0. The first-order valence-corrected chi connectivity index (χ1v) is 9.10. The third-order valence-corrected chi connectivity index (χ3v) is 4.39. The molecule has 0 aliphatic heterocycles. The molecule has 5 nitrogen and oxygen atoms in total. The zero-order valence-electron chi connectivity index (χ0n) is 15.3. The minimum Gasteiger partial charge on any atom is -0.391 e. The summed E-state index contributed by atoms with van der Waals surface area (Å²) in [6.07, 6.45) is -0.912. The molecular formula is C21H30NO4+. The average Bonchev–Trinajstić information content (AvgIpc) is 2.64. The van der Waals surface area contributed by atoms with E-state index in [4.69, 9.17) is 14.9 Å². The van der Waals surface area contributed by atoms with Gasteiger partial charge in [-0.3, -0.25) is 0 Å². The SMILES string of the molecule is Cc1ccc([C@@H](OC[C@H](O)C[NH+](CCO)CCO)c2ccccc2)cc1. The van der Waals surface area contributed by atoms with Gasteiger partial charge in [-0.25, -0.2) is 0 Å². The van der Waals surface area contributed by atoms with Crippen LogP contribution in [0.2, 0.25) is 0 Å². The molecule has 0 fully saturated rings. The predicted molar refractivity (Wildman–Crippen MR) is 101 cm³/mol. The summed E-state index contributed by atoms with van der Waals surface area (Å²) in [6, 6.07) is 18.2. The van der Waals surface area contributed by atoms with Crippen LogP contribution in [0.5, 0.6) is 0 Å². The molecule has 0 saturated carbocycles. The maximum absolute atomic E-state index is 10.4. The van der Waals surface area contributed by atoms with Gasteiger partial charge >= 0.3 is 0 Å². The minimum atomic E-state index is -0.667. The van der Waals surface area contributed by atoms with Crippen molar-refractivity contribution in [1.29, 1.82) is 0 Å². The van der Waals surface area contributed by atoms with Crippen LogP contribution in [0, 0.1) is 6.92 Å². The molecule has 26 heavy (non-hydrogen) atoms. The number of quaternary nitrogens is 1. The molecule has 5 heteroatoms. The highest BCUT2D eigenvalue weighted by atomic mass is 16.5. The van der Waals surface area contributed by atoms with Gasteiger partial charge in [0.1, 0.15) is 31.8 Å². The molecule has 2 atom stereocenters. The average molecular weight is 360 g/mol. The number of hydrogen-bond donors (Lipinski definition) is 4. The molecule has 2 rings (SSSR count). The van der Waals surface area contributed by atoms with Crippen LogP contribution in [0.4, 0.5) is 0 Å². The fourth-order valence-corrected chi connectivity index (χ4v) is 3.00. The summed E-state index contributed by atoms with van der Waals surface area (Å²) in [7, 11) is 0. The van der Waals surface area contributed by atoms with Crippen molar-refractivity contribution < 1.29 is 25.0 Å². The highest BCUT2D eigenvalue weighted by Crippen LogP contribution is 2.26. The van der Waals surface area contributed by atoms with E-state index < -0.39 is 6.10 Å². The van der Waals surface area contributed by atoms with Crippen molar-refractivity contribution in [2.24, 2.45) is 0 Å². The molecule has 4 N–H and O–H groups in total. The Morgan fingerprint density at radius 1 is 0.885 bits per heavy atom. The molecule has 0 aromatic heterocycles. The topological polar surface area (TPSA) is 74.4 Å². The second-order valence-electron chi connectivity index (χ2n) is 6.59. The molecule has 0 radical (unpaired) electrons. The van der Waals surface area contributed by atoms with Crippen molar-refractivity contribution in [1.82, 2.24) is 0 Å². The van der Waals surface area contributed by atoms with E-state index in [1.807, 2.05) is 37.3 Å². The van der Waals surface area contributed by atoms with Gasteiger partial charge in [-0.15, -0.1) is 0 Å². The van der Waals surface area contributed by atoms with Gasteiger partial charge in [0, 0.05) is 0 Å². The lowest BCUT2D eigenvalue weighted by atomic mass is 10.0. The Hall–Kier alpha value is -1.76. The number of aliphatic hydroxyl groups excluding tert-OH is 3. The lowest BCUT2D eigenvalue weighted by molar-refractivity contribution is -0.904. The van der Waals surface area contributed by atoms with Crippen molar-refractivity contribution in [3.63, 3.8) is 0 Å². The third kappa shape index (κ3) is 6.52. The van der Waals surface area contributed by atoms with Gasteiger partial charge in [0.25, 0.3) is 0 Å². The fraction of sp³-hybridized carbons (Fsp3) is 0.429. The van der Waals surface area contributed by atoms with Crippen LogP contribution >= 0.6 is 0 Å². The van der Waals surface area contributed by atoms with Gasteiger partial charge in [-0.1, -0.05) is 60.2 Å². The summed E-state index contributed by atoms with van der Waals surface area (Å²) in [5, 5.41) is 28.5. The number of ether oxygens (including phenoxy) is 1. The number of benzene rings is 2. The third-order valence-electron chi connectivity index (χ3n) is 4.39. The maximum atomic E-state index is 10.4. The molecule has 2 aromatic carbocycles. The summed E-state index contributed by atoms with van der Waals surface area (Å²) >= 11 is 0. The minimum absolute atomic E-state index is 0.0267. The molecular weight excluding hydrogens is 330 g/mol. The summed E-state index contributed by atoms with van der Waals surface area (Å²) < 4.78 is 6.08. The molecule has 0 unspecified atom stereocenters. The molecule has 0 spiro atoms. The first-order chi connectivity index (χ1) is 12.6. The van der Waals surface area contributed by atoms with E-state index in [1.54, 1.807) is 0 Å². The van der Waals surface area contributed by atoms with Crippen molar-refractivity contribution in [2.45, 2.75) is 19.1 Å². The van der Waals surface area contributed by atoms with E-state index in [9.17, 15) is 5.11 Å². The molecule has 0 amide bonds. The molecule has 0 heterocycles. The van der Waals surface area contributed by atoms with E-state index in [0.29, 0.717) is 19.6 Å². The van der Waals surface area contributed by atoms with Crippen LogP contribution in [0.1, 0.15) is 22.8 Å². The van der Waals surface area contributed by atoms with Crippen molar-refractivity contribution in [3.05, 3.63) is 71.3 Å². The second-order valence-corrected chi connectivity index (χ2v) is 6.59. The number of nitrogens with one attached hydrogen (secondary N) is 1. The highest BCUT2D eigenvalue weighted by Gasteiger charge is 2.19. The lowest BCUT2D eigenvalue weighted by Gasteiger charge is -2.24. The Labute approximate surface area is 155 Å². The second kappa shape index (κ2) is 11.1. The van der Waals surface area contributed by atoms with Crippen molar-refractivity contribution >= 4 is 0 Å². The predicted octanol–water partition coefficient (Wildman–Crippen LogP) is 0.331. The Morgan fingerprint density at radius 2 is 1.46 bits per heavy atom. The molecule has 142 valence electrons. The smallest absolute Gasteiger partial charge is 0.126 e. The van der Waals surface area contributed by atoms with E-state index in [-0.39, 0.29) is 25.9 Å². The van der Waals surface area contributed by atoms with E-state index in [2.05, 4.69) is 24.3 Å². The van der Waals surface area contributed by atoms with Crippen LogP contribution in [-0.4, -0.2) is 60.9 Å². The van der Waals surface area contributed by atoms with Crippen LogP contribution < -0.4 is 4.90 Å². The standard InChI is InChI=1S/C21H29NO4/c1-17-7-9-19(10-8-17)21(18-5-3-2-4-6-18)26-16-20(25)15-22(11-13-23)12-14-24/h2-10,20-21,23-25H,11-16H2,1H3/p+1/t20-,21+/m1/s1. The first-order valence-electron chi connectivity index (χ1n) is 9.10. The zero-order chi connectivity index (χ0) is 18.8. The monoisotopic (exact) mass is 360 g/mol. The Morgan fingerprint density at radius 3 is 2.04 bits per heavy atom. The summed E-state index contributed by atoms with van der Waals surface area (Å²) in [6.45, 7) is 3.71. The molecule has 0 bridgehead atoms. The van der Waals surface area contributed by atoms with Gasteiger partial charge in [0.05, 0.1) is 19.8 Å². The van der Waals surface area contributed by atoms with Crippen LogP contribution in [0.25, 0.3) is 0 Å². The maximum Gasteiger partial charge on any atom is 0.126 e. The van der Waals surface area contributed by atoms with Crippen LogP contribution in [0.3, 0.4) is 0 Å². The van der Waals surface area contributed by atoms with Crippen LogP contribution in [0.15, 0.2) is 54.6 Å². The van der Waals surface area contributed by atoms with E-state index >= 15 is 0 Å². The Balaban J connectivity index is 2.04. The molecule has 0 aliphatic rings. The van der Waals surface area contributed by atoms with Crippen molar-refractivity contribution in [3.8, 4) is 0 Å². The first kappa shape index (κ1) is 20.6. The summed E-state index contributed by atoms with van der Waals surface area (Å²) in [5.41, 5.74) is 3.27. The van der Waals surface area contributed by atoms with Gasteiger partial charge in [-0.05, 0) is 18.1 Å². The van der Waals surface area contributed by atoms with Gasteiger partial charge < -0.3 is 25.0 Å². The fourth-order valence-electron chi connectivity index (χ4n) is 3.00. The lowest BCUT2D eigenvalue weighted by Crippen LogP contribution is -3.14. The quantitative estimate of drug-likeness (QED) is 0.466. The molecule has 0 saturated heterocycles. The van der Waals surface area contributed by atoms with E-state index in [0.717, 1.165) is 16.0 Å². The Bertz CT molecular complexity index is 612. The zero-order valence-corrected chi connectivity index (χ0v) is 15.3. The van der Waals surface area contributed by atoms with Gasteiger partial charge in [-0.2, -0.15) is 0 Å².